The molecule has 0 aromatic heterocycles. The van der Waals surface area contributed by atoms with Crippen LogP contribution in [0.15, 0.2) is 78.4 Å². The fourth-order valence-electron chi connectivity index (χ4n) is 3.69. The van der Waals surface area contributed by atoms with Crippen LogP contribution in [0.3, 0.4) is 0 Å². The van der Waals surface area contributed by atoms with Crippen molar-refractivity contribution in [3.05, 3.63) is 89.0 Å². The zero-order chi connectivity index (χ0) is 25.7. The number of rotatable bonds is 7. The molecule has 0 unspecified atom stereocenters. The molecule has 0 atom stereocenters. The molecule has 3 aromatic rings. The lowest BCUT2D eigenvalue weighted by atomic mass is 10.0. The quantitative estimate of drug-likeness (QED) is 0.180. The van der Waals surface area contributed by atoms with Gasteiger partial charge < -0.3 is 9.47 Å². The first kappa shape index (κ1) is 25.0. The van der Waals surface area contributed by atoms with Gasteiger partial charge in [0.1, 0.15) is 12.2 Å². The van der Waals surface area contributed by atoms with Crippen LogP contribution in [0, 0.1) is 12.3 Å². The standard InChI is InChI=1S/C28H21ClN2O4S/c1-3-15-35-25-23(29)17-19(18-24(25)34-4-2)16-22-26(32)30(20-11-7-5-8-12-20)28(36)31(27(22)33)21-13-9-6-10-14-21/h1,5-14,16-18H,4,15H2,2H3. The number of para-hydroxylation sites is 2. The molecule has 6 nitrogen and oxygen atoms in total. The lowest BCUT2D eigenvalue weighted by Gasteiger charge is -2.36. The molecule has 1 saturated heterocycles. The van der Waals surface area contributed by atoms with Crippen LogP contribution in [-0.4, -0.2) is 30.1 Å². The monoisotopic (exact) mass is 516 g/mol. The van der Waals surface area contributed by atoms with E-state index >= 15 is 0 Å². The predicted molar refractivity (Wildman–Crippen MR) is 145 cm³/mol. The number of hydrogen-bond acceptors (Lipinski definition) is 5. The van der Waals surface area contributed by atoms with E-state index in [9.17, 15) is 9.59 Å². The van der Waals surface area contributed by atoms with Crippen LogP contribution in [0.1, 0.15) is 12.5 Å². The third kappa shape index (κ3) is 4.96. The molecule has 8 heteroatoms. The number of thiocarbonyl (C=S) groups is 1. The molecule has 0 spiro atoms. The molecule has 1 aliphatic rings. The van der Waals surface area contributed by atoms with Crippen LogP contribution in [0.4, 0.5) is 11.4 Å². The molecule has 180 valence electrons. The van der Waals surface area contributed by atoms with Crippen LogP contribution in [0.5, 0.6) is 11.5 Å². The summed E-state index contributed by atoms with van der Waals surface area (Å²) < 4.78 is 11.2. The Balaban J connectivity index is 1.85. The van der Waals surface area contributed by atoms with Crippen molar-refractivity contribution in [3.63, 3.8) is 0 Å². The first-order valence-electron chi connectivity index (χ1n) is 11.0. The zero-order valence-electron chi connectivity index (χ0n) is 19.3. The zero-order valence-corrected chi connectivity index (χ0v) is 20.9. The van der Waals surface area contributed by atoms with Gasteiger partial charge in [-0.2, -0.15) is 0 Å². The molecule has 1 aliphatic heterocycles. The van der Waals surface area contributed by atoms with Crippen molar-refractivity contribution < 1.29 is 19.1 Å². The Kier molecular flexibility index (Phi) is 7.69. The van der Waals surface area contributed by atoms with E-state index in [4.69, 9.17) is 39.7 Å². The first-order chi connectivity index (χ1) is 17.5. The molecule has 4 rings (SSSR count). The van der Waals surface area contributed by atoms with Crippen molar-refractivity contribution in [1.29, 1.82) is 0 Å². The highest BCUT2D eigenvalue weighted by atomic mass is 35.5. The van der Waals surface area contributed by atoms with Gasteiger partial charge in [-0.25, -0.2) is 0 Å². The van der Waals surface area contributed by atoms with E-state index in [0.717, 1.165) is 0 Å². The largest absolute Gasteiger partial charge is 0.490 e. The van der Waals surface area contributed by atoms with Gasteiger partial charge in [0.2, 0.25) is 0 Å². The smallest absolute Gasteiger partial charge is 0.270 e. The van der Waals surface area contributed by atoms with Crippen molar-refractivity contribution in [2.75, 3.05) is 23.0 Å². The Morgan fingerprint density at radius 2 is 1.50 bits per heavy atom. The lowest BCUT2D eigenvalue weighted by molar-refractivity contribution is -0.120. The maximum atomic E-state index is 13.6. The van der Waals surface area contributed by atoms with Gasteiger partial charge in [0, 0.05) is 0 Å². The number of halogens is 1. The number of carbonyl (C=O) groups excluding carboxylic acids is 2. The molecule has 3 aromatic carbocycles. The number of hydrogen-bond donors (Lipinski definition) is 0. The van der Waals surface area contributed by atoms with E-state index in [1.54, 1.807) is 60.7 Å². The molecule has 0 bridgehead atoms. The van der Waals surface area contributed by atoms with Crippen LogP contribution in [-0.2, 0) is 9.59 Å². The normalized spacial score (nSPS) is 13.5. The summed E-state index contributed by atoms with van der Waals surface area (Å²) in [5.74, 6) is 1.92. The molecular formula is C28H21ClN2O4S. The predicted octanol–water partition coefficient (Wildman–Crippen LogP) is 5.50. The van der Waals surface area contributed by atoms with Gasteiger partial charge in [0.05, 0.1) is 23.0 Å². The third-order valence-electron chi connectivity index (χ3n) is 5.22. The van der Waals surface area contributed by atoms with Crippen molar-refractivity contribution in [2.45, 2.75) is 6.92 Å². The Hall–Kier alpha value is -4.12. The molecule has 1 fully saturated rings. The number of anilines is 2. The summed E-state index contributed by atoms with van der Waals surface area (Å²) in [7, 11) is 0. The SMILES string of the molecule is C#CCOc1c(Cl)cc(C=C2C(=O)N(c3ccccc3)C(=S)N(c3ccccc3)C2=O)cc1OCC. The highest BCUT2D eigenvalue weighted by Crippen LogP contribution is 2.38. The average Bonchev–Trinajstić information content (AvgIpc) is 2.88. The van der Waals surface area contributed by atoms with Gasteiger partial charge in [-0.15, -0.1) is 6.42 Å². The summed E-state index contributed by atoms with van der Waals surface area (Å²) in [5.41, 5.74) is 1.46. The van der Waals surface area contributed by atoms with Gasteiger partial charge >= 0.3 is 0 Å². The number of amides is 2. The fraction of sp³-hybridized carbons (Fsp3) is 0.107. The van der Waals surface area contributed by atoms with E-state index in [2.05, 4.69) is 5.92 Å². The number of carbonyl (C=O) groups is 2. The second-order valence-corrected chi connectivity index (χ2v) is 8.32. The van der Waals surface area contributed by atoms with E-state index in [1.807, 2.05) is 19.1 Å². The molecule has 0 saturated carbocycles. The number of terminal acetylenes is 1. The van der Waals surface area contributed by atoms with E-state index < -0.39 is 11.8 Å². The maximum absolute atomic E-state index is 13.6. The van der Waals surface area contributed by atoms with Gasteiger partial charge in [0.15, 0.2) is 16.6 Å². The van der Waals surface area contributed by atoms with E-state index in [-0.39, 0.29) is 28.1 Å². The summed E-state index contributed by atoms with van der Waals surface area (Å²) >= 11 is 12.1. The number of nitrogens with zero attached hydrogens (tertiary/aromatic N) is 2. The average molecular weight is 517 g/mol. The topological polar surface area (TPSA) is 59.1 Å². The summed E-state index contributed by atoms with van der Waals surface area (Å²) in [6.45, 7) is 2.17. The van der Waals surface area contributed by atoms with Gasteiger partial charge in [-0.1, -0.05) is 53.9 Å². The first-order valence-corrected chi connectivity index (χ1v) is 11.8. The van der Waals surface area contributed by atoms with Gasteiger partial charge in [-0.3, -0.25) is 19.4 Å². The Morgan fingerprint density at radius 3 is 2.00 bits per heavy atom. The highest BCUT2D eigenvalue weighted by molar-refractivity contribution is 7.81. The van der Waals surface area contributed by atoms with Crippen LogP contribution in [0.25, 0.3) is 6.08 Å². The number of benzene rings is 3. The minimum atomic E-state index is -0.551. The second-order valence-electron chi connectivity index (χ2n) is 7.55. The Morgan fingerprint density at radius 1 is 0.944 bits per heavy atom. The van der Waals surface area contributed by atoms with E-state index in [1.165, 1.54) is 15.9 Å². The third-order valence-corrected chi connectivity index (χ3v) is 5.87. The molecule has 0 aliphatic carbocycles. The van der Waals surface area contributed by atoms with Gasteiger partial charge in [-0.05, 0) is 67.2 Å². The Bertz CT molecular complexity index is 1320. The molecule has 36 heavy (non-hydrogen) atoms. The van der Waals surface area contributed by atoms with Gasteiger partial charge in [0.25, 0.3) is 11.8 Å². The minimum Gasteiger partial charge on any atom is -0.490 e. The highest BCUT2D eigenvalue weighted by Gasteiger charge is 2.41. The minimum absolute atomic E-state index is 0.00666. The Labute approximate surface area is 219 Å². The summed E-state index contributed by atoms with van der Waals surface area (Å²) in [4.78, 5) is 30.0. The lowest BCUT2D eigenvalue weighted by Crippen LogP contribution is -2.56. The summed E-state index contributed by atoms with van der Waals surface area (Å²) in [6, 6.07) is 21.1. The van der Waals surface area contributed by atoms with Crippen LogP contribution >= 0.6 is 23.8 Å². The van der Waals surface area contributed by atoms with Crippen molar-refractivity contribution >= 4 is 58.2 Å². The molecule has 1 heterocycles. The van der Waals surface area contributed by atoms with Crippen molar-refractivity contribution in [3.8, 4) is 23.8 Å². The number of ether oxygens (including phenoxy) is 2. The maximum Gasteiger partial charge on any atom is 0.270 e. The molecule has 2 amide bonds. The fourth-order valence-corrected chi connectivity index (χ4v) is 4.34. The van der Waals surface area contributed by atoms with Crippen molar-refractivity contribution in [1.82, 2.24) is 0 Å². The second kappa shape index (κ2) is 11.1. The van der Waals surface area contributed by atoms with Crippen molar-refractivity contribution in [2.24, 2.45) is 0 Å². The van der Waals surface area contributed by atoms with E-state index in [0.29, 0.717) is 29.3 Å². The molecule has 0 radical (unpaired) electrons. The summed E-state index contributed by atoms with van der Waals surface area (Å²) in [6.07, 6.45) is 6.77. The summed E-state index contributed by atoms with van der Waals surface area (Å²) in [5, 5.41) is 0.291. The molecular weight excluding hydrogens is 496 g/mol. The van der Waals surface area contributed by atoms with Crippen LogP contribution < -0.4 is 19.3 Å². The van der Waals surface area contributed by atoms with Crippen LogP contribution in [0.2, 0.25) is 5.02 Å². The molecule has 0 N–H and O–H groups in total.